The second-order valence-corrected chi connectivity index (χ2v) is 6.22. The van der Waals surface area contributed by atoms with Crippen LogP contribution in [0.5, 0.6) is 11.5 Å². The molecule has 2 aliphatic rings. The van der Waals surface area contributed by atoms with Crippen molar-refractivity contribution in [3.05, 3.63) is 22.2 Å². The largest absolute Gasteiger partial charge is 0.454 e. The van der Waals surface area contributed by atoms with Crippen molar-refractivity contribution in [3.8, 4) is 11.5 Å². The molecule has 7 heteroatoms. The zero-order chi connectivity index (χ0) is 14.7. The summed E-state index contributed by atoms with van der Waals surface area (Å²) in [5.41, 5.74) is 1.13. The molecule has 1 saturated carbocycles. The van der Waals surface area contributed by atoms with Gasteiger partial charge in [0, 0.05) is 19.6 Å². The monoisotopic (exact) mass is 481 g/mol. The van der Waals surface area contributed by atoms with Gasteiger partial charge in [-0.3, -0.25) is 4.99 Å². The lowest BCUT2D eigenvalue weighted by atomic mass is 10.2. The highest BCUT2D eigenvalue weighted by molar-refractivity contribution is 14.0. The zero-order valence-electron chi connectivity index (χ0n) is 12.5. The summed E-state index contributed by atoms with van der Waals surface area (Å²) in [6.07, 6.45) is 5.08. The van der Waals surface area contributed by atoms with Crippen molar-refractivity contribution in [2.24, 2.45) is 4.99 Å². The van der Waals surface area contributed by atoms with Gasteiger partial charge in [-0.25, -0.2) is 0 Å². The molecular weight excluding hydrogens is 461 g/mol. The van der Waals surface area contributed by atoms with E-state index in [9.17, 15) is 0 Å². The van der Waals surface area contributed by atoms with Gasteiger partial charge in [-0.15, -0.1) is 24.0 Å². The second kappa shape index (κ2) is 8.24. The maximum absolute atomic E-state index is 5.43. The first-order chi connectivity index (χ1) is 10.3. The van der Waals surface area contributed by atoms with Crippen LogP contribution in [-0.4, -0.2) is 25.8 Å². The van der Waals surface area contributed by atoms with Crippen LogP contribution < -0.4 is 20.1 Å². The lowest BCUT2D eigenvalue weighted by Gasteiger charge is -2.17. The van der Waals surface area contributed by atoms with Crippen molar-refractivity contribution in [1.29, 1.82) is 0 Å². The molecule has 3 rings (SSSR count). The van der Waals surface area contributed by atoms with Crippen molar-refractivity contribution in [3.63, 3.8) is 0 Å². The van der Waals surface area contributed by atoms with Gasteiger partial charge in [0.25, 0.3) is 0 Å². The summed E-state index contributed by atoms with van der Waals surface area (Å²) in [5.74, 6) is 2.43. The zero-order valence-corrected chi connectivity index (χ0v) is 16.4. The van der Waals surface area contributed by atoms with Crippen molar-refractivity contribution >= 4 is 45.9 Å². The van der Waals surface area contributed by atoms with Crippen LogP contribution in [-0.2, 0) is 6.54 Å². The molecule has 0 atom stereocenters. The van der Waals surface area contributed by atoms with Crippen molar-refractivity contribution in [2.75, 3.05) is 13.8 Å². The van der Waals surface area contributed by atoms with Crippen LogP contribution in [0.3, 0.4) is 0 Å². The number of benzene rings is 1. The van der Waals surface area contributed by atoms with E-state index in [0.717, 1.165) is 27.5 Å². The van der Waals surface area contributed by atoms with Gasteiger partial charge < -0.3 is 20.1 Å². The predicted octanol–water partition coefficient (Wildman–Crippen LogP) is 3.40. The fourth-order valence-electron chi connectivity index (χ4n) is 2.77. The molecule has 1 aromatic carbocycles. The van der Waals surface area contributed by atoms with Gasteiger partial charge in [0.2, 0.25) is 6.79 Å². The Hall–Kier alpha value is -0.700. The Morgan fingerprint density at radius 1 is 1.32 bits per heavy atom. The summed E-state index contributed by atoms with van der Waals surface area (Å²) in [6.45, 7) is 0.983. The van der Waals surface area contributed by atoms with Gasteiger partial charge in [-0.05, 0) is 46.5 Å². The smallest absolute Gasteiger partial charge is 0.231 e. The molecule has 0 saturated heterocycles. The molecule has 1 aliphatic heterocycles. The Morgan fingerprint density at radius 3 is 2.82 bits per heavy atom. The highest BCUT2D eigenvalue weighted by atomic mass is 127. The number of guanidine groups is 1. The molecule has 1 fully saturated rings. The van der Waals surface area contributed by atoms with Crippen molar-refractivity contribution < 1.29 is 9.47 Å². The van der Waals surface area contributed by atoms with Crippen LogP contribution in [0.1, 0.15) is 31.2 Å². The first kappa shape index (κ1) is 17.7. The number of hydrogen-bond acceptors (Lipinski definition) is 3. The van der Waals surface area contributed by atoms with Gasteiger partial charge in [0.1, 0.15) is 0 Å². The predicted molar refractivity (Wildman–Crippen MR) is 101 cm³/mol. The third kappa shape index (κ3) is 4.18. The maximum atomic E-state index is 5.43. The van der Waals surface area contributed by atoms with Crippen LogP contribution in [0.2, 0.25) is 0 Å². The highest BCUT2D eigenvalue weighted by Crippen LogP contribution is 2.39. The minimum absolute atomic E-state index is 0. The topological polar surface area (TPSA) is 54.9 Å². The van der Waals surface area contributed by atoms with Crippen molar-refractivity contribution in [2.45, 2.75) is 38.3 Å². The fourth-order valence-corrected chi connectivity index (χ4v) is 3.37. The number of hydrogen-bond donors (Lipinski definition) is 2. The Morgan fingerprint density at radius 2 is 2.09 bits per heavy atom. The molecule has 22 heavy (non-hydrogen) atoms. The normalized spacial score (nSPS) is 17.3. The van der Waals surface area contributed by atoms with Gasteiger partial charge in [0.15, 0.2) is 17.5 Å². The number of aliphatic imine (C=N–C) groups is 1. The minimum Gasteiger partial charge on any atom is -0.454 e. The minimum atomic E-state index is 0. The third-order valence-electron chi connectivity index (χ3n) is 3.87. The molecule has 1 heterocycles. The van der Waals surface area contributed by atoms with E-state index in [1.807, 2.05) is 12.1 Å². The molecule has 1 aliphatic carbocycles. The van der Waals surface area contributed by atoms with E-state index in [0.29, 0.717) is 12.6 Å². The fraction of sp³-hybridized carbons (Fsp3) is 0.533. The summed E-state index contributed by atoms with van der Waals surface area (Å²) in [4.78, 5) is 4.29. The molecule has 0 bridgehead atoms. The van der Waals surface area contributed by atoms with Crippen LogP contribution in [0, 0.1) is 0 Å². The quantitative estimate of drug-likeness (QED) is 0.394. The molecule has 0 aromatic heterocycles. The van der Waals surface area contributed by atoms with Gasteiger partial charge >= 0.3 is 0 Å². The third-order valence-corrected chi connectivity index (χ3v) is 4.46. The summed E-state index contributed by atoms with van der Waals surface area (Å²) < 4.78 is 11.8. The van der Waals surface area contributed by atoms with Gasteiger partial charge in [-0.2, -0.15) is 0 Å². The maximum Gasteiger partial charge on any atom is 0.231 e. The molecule has 2 N–H and O–H groups in total. The van der Waals surface area contributed by atoms with Crippen LogP contribution in [0.15, 0.2) is 21.6 Å². The molecular formula is C15H21BrIN3O2. The molecule has 0 spiro atoms. The van der Waals surface area contributed by atoms with E-state index < -0.39 is 0 Å². The number of rotatable bonds is 3. The van der Waals surface area contributed by atoms with E-state index in [1.54, 1.807) is 7.05 Å². The molecule has 0 amide bonds. The number of ether oxygens (including phenoxy) is 2. The SMILES string of the molecule is CN=C(NCc1cc(Br)c2c(c1)OCO2)NC1CCCC1.I. The lowest BCUT2D eigenvalue weighted by molar-refractivity contribution is 0.173. The second-order valence-electron chi connectivity index (χ2n) is 5.36. The number of nitrogens with one attached hydrogen (secondary N) is 2. The summed E-state index contributed by atoms with van der Waals surface area (Å²) in [5, 5.41) is 6.83. The molecule has 1 aromatic rings. The van der Waals surface area contributed by atoms with Crippen LogP contribution >= 0.6 is 39.9 Å². The highest BCUT2D eigenvalue weighted by Gasteiger charge is 2.19. The average Bonchev–Trinajstić information content (AvgIpc) is 3.14. The Kier molecular flexibility index (Phi) is 6.61. The Bertz CT molecular complexity index is 548. The lowest BCUT2D eigenvalue weighted by Crippen LogP contribution is -2.41. The number of fused-ring (bicyclic) bond motifs is 1. The summed E-state index contributed by atoms with van der Waals surface area (Å²) in [6, 6.07) is 4.60. The van der Waals surface area contributed by atoms with Gasteiger partial charge in [-0.1, -0.05) is 12.8 Å². The molecule has 0 unspecified atom stereocenters. The number of nitrogens with zero attached hydrogens (tertiary/aromatic N) is 1. The summed E-state index contributed by atoms with van der Waals surface area (Å²) >= 11 is 3.51. The van der Waals surface area contributed by atoms with E-state index in [-0.39, 0.29) is 30.8 Å². The van der Waals surface area contributed by atoms with Crippen LogP contribution in [0.4, 0.5) is 0 Å². The van der Waals surface area contributed by atoms with E-state index in [2.05, 4.69) is 31.6 Å². The average molecular weight is 482 g/mol. The van der Waals surface area contributed by atoms with E-state index >= 15 is 0 Å². The van der Waals surface area contributed by atoms with Crippen LogP contribution in [0.25, 0.3) is 0 Å². The molecule has 122 valence electrons. The standard InChI is InChI=1S/C15H20BrN3O2.HI/c1-17-15(19-11-4-2-3-5-11)18-8-10-6-12(16)14-13(7-10)20-9-21-14;/h6-7,11H,2-5,8-9H2,1H3,(H2,17,18,19);1H. The molecule has 5 nitrogen and oxygen atoms in total. The first-order valence-corrected chi connectivity index (χ1v) is 8.11. The summed E-state index contributed by atoms with van der Waals surface area (Å²) in [7, 11) is 1.81. The van der Waals surface area contributed by atoms with E-state index in [1.165, 1.54) is 25.7 Å². The Labute approximate surface area is 156 Å². The molecule has 0 radical (unpaired) electrons. The number of halogens is 2. The first-order valence-electron chi connectivity index (χ1n) is 7.31. The van der Waals surface area contributed by atoms with E-state index in [4.69, 9.17) is 9.47 Å². The van der Waals surface area contributed by atoms with Gasteiger partial charge in [0.05, 0.1) is 4.47 Å². The van der Waals surface area contributed by atoms with Crippen molar-refractivity contribution in [1.82, 2.24) is 10.6 Å². The Balaban J connectivity index is 0.00000176.